The SMILES string of the molecule is Cc1ccc(OC(C)C(=O)Nc2c(C)n(C)n(-c3ccccc3)c2=O)cc1C. The molecule has 3 rings (SSSR count). The Bertz CT molecular complexity index is 1060. The van der Waals surface area contributed by atoms with Crippen LogP contribution in [0.1, 0.15) is 23.7 Å². The molecule has 6 nitrogen and oxygen atoms in total. The Kier molecular flexibility index (Phi) is 5.40. The van der Waals surface area contributed by atoms with Gasteiger partial charge in [-0.3, -0.25) is 14.3 Å². The van der Waals surface area contributed by atoms with Crippen LogP contribution in [0.15, 0.2) is 53.3 Å². The molecular formula is C22H25N3O3. The molecule has 0 aliphatic rings. The summed E-state index contributed by atoms with van der Waals surface area (Å²) in [5.74, 6) is 0.251. The van der Waals surface area contributed by atoms with E-state index in [1.807, 2.05) is 62.4 Å². The molecule has 1 aromatic heterocycles. The first-order chi connectivity index (χ1) is 13.3. The molecular weight excluding hydrogens is 354 g/mol. The van der Waals surface area contributed by atoms with E-state index < -0.39 is 6.10 Å². The summed E-state index contributed by atoms with van der Waals surface area (Å²) in [5.41, 5.74) is 3.63. The van der Waals surface area contributed by atoms with Gasteiger partial charge in [-0.05, 0) is 63.1 Å². The zero-order chi connectivity index (χ0) is 20.4. The van der Waals surface area contributed by atoms with Crippen LogP contribution in [-0.2, 0) is 11.8 Å². The van der Waals surface area contributed by atoms with Crippen LogP contribution >= 0.6 is 0 Å². The van der Waals surface area contributed by atoms with Crippen LogP contribution in [0, 0.1) is 20.8 Å². The van der Waals surface area contributed by atoms with E-state index in [4.69, 9.17) is 4.74 Å². The maximum absolute atomic E-state index is 12.9. The van der Waals surface area contributed by atoms with Gasteiger partial charge in [0.15, 0.2) is 6.10 Å². The molecule has 1 unspecified atom stereocenters. The second-order valence-electron chi connectivity index (χ2n) is 6.93. The lowest BCUT2D eigenvalue weighted by Gasteiger charge is -2.15. The fraction of sp³-hybridized carbons (Fsp3) is 0.273. The summed E-state index contributed by atoms with van der Waals surface area (Å²) in [6.45, 7) is 7.47. The van der Waals surface area contributed by atoms with Gasteiger partial charge in [-0.25, -0.2) is 4.68 Å². The van der Waals surface area contributed by atoms with Gasteiger partial charge >= 0.3 is 0 Å². The molecule has 6 heteroatoms. The number of carbonyl (C=O) groups excluding carboxylic acids is 1. The van der Waals surface area contributed by atoms with Crippen molar-refractivity contribution in [3.8, 4) is 11.4 Å². The average Bonchev–Trinajstić information content (AvgIpc) is 2.88. The van der Waals surface area contributed by atoms with E-state index in [1.165, 1.54) is 4.68 Å². The van der Waals surface area contributed by atoms with Crippen molar-refractivity contribution in [3.05, 3.63) is 75.7 Å². The molecule has 1 N–H and O–H groups in total. The Hall–Kier alpha value is -3.28. The molecule has 0 aliphatic carbocycles. The Labute approximate surface area is 164 Å². The first-order valence-corrected chi connectivity index (χ1v) is 9.18. The van der Waals surface area contributed by atoms with Crippen molar-refractivity contribution in [1.29, 1.82) is 0 Å². The molecule has 146 valence electrons. The highest BCUT2D eigenvalue weighted by molar-refractivity contribution is 5.94. The lowest BCUT2D eigenvalue weighted by molar-refractivity contribution is -0.122. The fourth-order valence-electron chi connectivity index (χ4n) is 2.98. The van der Waals surface area contributed by atoms with Crippen LogP contribution in [0.2, 0.25) is 0 Å². The van der Waals surface area contributed by atoms with E-state index in [9.17, 15) is 9.59 Å². The zero-order valence-corrected chi connectivity index (χ0v) is 16.8. The van der Waals surface area contributed by atoms with Crippen LogP contribution in [0.3, 0.4) is 0 Å². The summed E-state index contributed by atoms with van der Waals surface area (Å²) in [7, 11) is 1.79. The number of ether oxygens (including phenoxy) is 1. The Morgan fingerprint density at radius 3 is 2.36 bits per heavy atom. The standard InChI is InChI=1S/C22H25N3O3/c1-14-11-12-19(13-15(14)2)28-17(4)21(26)23-20-16(3)24(5)25(22(20)27)18-9-7-6-8-10-18/h6-13,17H,1-5H3,(H,23,26). The molecule has 0 aliphatic heterocycles. The predicted octanol–water partition coefficient (Wildman–Crippen LogP) is 3.51. The summed E-state index contributed by atoms with van der Waals surface area (Å²) in [6, 6.07) is 15.0. The molecule has 0 fully saturated rings. The number of hydrogen-bond donors (Lipinski definition) is 1. The Morgan fingerprint density at radius 1 is 1.04 bits per heavy atom. The van der Waals surface area contributed by atoms with Crippen molar-refractivity contribution in [2.24, 2.45) is 7.05 Å². The van der Waals surface area contributed by atoms with E-state index in [-0.39, 0.29) is 17.2 Å². The molecule has 2 aromatic carbocycles. The van der Waals surface area contributed by atoms with E-state index in [1.54, 1.807) is 25.6 Å². The monoisotopic (exact) mass is 379 g/mol. The zero-order valence-electron chi connectivity index (χ0n) is 16.8. The predicted molar refractivity (Wildman–Crippen MR) is 110 cm³/mol. The van der Waals surface area contributed by atoms with Gasteiger partial charge in [0, 0.05) is 7.05 Å². The number of anilines is 1. The molecule has 28 heavy (non-hydrogen) atoms. The van der Waals surface area contributed by atoms with E-state index in [0.717, 1.165) is 16.8 Å². The minimum absolute atomic E-state index is 0.256. The fourth-order valence-corrected chi connectivity index (χ4v) is 2.98. The molecule has 0 spiro atoms. The number of benzene rings is 2. The normalized spacial score (nSPS) is 11.9. The summed E-state index contributed by atoms with van der Waals surface area (Å²) < 4.78 is 9.01. The van der Waals surface area contributed by atoms with Gasteiger partial charge in [0.05, 0.1) is 11.4 Å². The lowest BCUT2D eigenvalue weighted by Crippen LogP contribution is -2.32. The largest absolute Gasteiger partial charge is 0.481 e. The van der Waals surface area contributed by atoms with Gasteiger partial charge < -0.3 is 10.1 Å². The van der Waals surface area contributed by atoms with E-state index >= 15 is 0 Å². The summed E-state index contributed by atoms with van der Waals surface area (Å²) in [5, 5.41) is 2.74. The van der Waals surface area contributed by atoms with Crippen LogP contribution in [0.5, 0.6) is 5.75 Å². The second kappa shape index (κ2) is 7.76. The number of para-hydroxylation sites is 1. The maximum Gasteiger partial charge on any atom is 0.295 e. The number of nitrogens with one attached hydrogen (secondary N) is 1. The number of nitrogens with zero attached hydrogens (tertiary/aromatic N) is 2. The highest BCUT2D eigenvalue weighted by Gasteiger charge is 2.22. The smallest absolute Gasteiger partial charge is 0.295 e. The third-order valence-electron chi connectivity index (χ3n) is 4.96. The maximum atomic E-state index is 12.9. The molecule has 1 atom stereocenters. The van der Waals surface area contributed by atoms with Crippen molar-refractivity contribution in [2.45, 2.75) is 33.8 Å². The van der Waals surface area contributed by atoms with Crippen molar-refractivity contribution in [1.82, 2.24) is 9.36 Å². The molecule has 3 aromatic rings. The minimum atomic E-state index is -0.744. The molecule has 0 radical (unpaired) electrons. The van der Waals surface area contributed by atoms with Gasteiger partial charge in [0.1, 0.15) is 11.4 Å². The van der Waals surface area contributed by atoms with Gasteiger partial charge in [0.25, 0.3) is 11.5 Å². The number of hydrogen-bond acceptors (Lipinski definition) is 3. The van der Waals surface area contributed by atoms with Crippen LogP contribution in [-0.4, -0.2) is 21.4 Å². The quantitative estimate of drug-likeness (QED) is 0.738. The van der Waals surface area contributed by atoms with Crippen molar-refractivity contribution < 1.29 is 9.53 Å². The Balaban J connectivity index is 1.82. The second-order valence-corrected chi connectivity index (χ2v) is 6.93. The van der Waals surface area contributed by atoms with Crippen molar-refractivity contribution >= 4 is 11.6 Å². The average molecular weight is 379 g/mol. The van der Waals surface area contributed by atoms with Crippen LogP contribution < -0.4 is 15.6 Å². The van der Waals surface area contributed by atoms with E-state index in [2.05, 4.69) is 5.32 Å². The Morgan fingerprint density at radius 2 is 1.71 bits per heavy atom. The number of rotatable bonds is 5. The van der Waals surface area contributed by atoms with Gasteiger partial charge in [-0.15, -0.1) is 0 Å². The lowest BCUT2D eigenvalue weighted by atomic mass is 10.1. The number of amides is 1. The summed E-state index contributed by atoms with van der Waals surface area (Å²) in [4.78, 5) is 25.5. The van der Waals surface area contributed by atoms with E-state index in [0.29, 0.717) is 11.4 Å². The molecule has 1 heterocycles. The molecule has 0 bridgehead atoms. The highest BCUT2D eigenvalue weighted by atomic mass is 16.5. The summed E-state index contributed by atoms with van der Waals surface area (Å²) in [6.07, 6.45) is -0.744. The van der Waals surface area contributed by atoms with Gasteiger partial charge in [0.2, 0.25) is 0 Å². The van der Waals surface area contributed by atoms with Crippen molar-refractivity contribution in [3.63, 3.8) is 0 Å². The summed E-state index contributed by atoms with van der Waals surface area (Å²) >= 11 is 0. The third-order valence-corrected chi connectivity index (χ3v) is 4.96. The molecule has 1 amide bonds. The minimum Gasteiger partial charge on any atom is -0.481 e. The molecule has 0 saturated carbocycles. The first-order valence-electron chi connectivity index (χ1n) is 9.18. The number of aromatic nitrogens is 2. The third kappa shape index (κ3) is 3.71. The molecule has 0 saturated heterocycles. The number of aryl methyl sites for hydroxylation is 2. The van der Waals surface area contributed by atoms with Crippen molar-refractivity contribution in [2.75, 3.05) is 5.32 Å². The van der Waals surface area contributed by atoms with Crippen LogP contribution in [0.25, 0.3) is 5.69 Å². The van der Waals surface area contributed by atoms with Crippen LogP contribution in [0.4, 0.5) is 5.69 Å². The highest BCUT2D eigenvalue weighted by Crippen LogP contribution is 2.19. The first kappa shape index (κ1) is 19.5. The number of carbonyl (C=O) groups is 1. The van der Waals surface area contributed by atoms with Gasteiger partial charge in [-0.2, -0.15) is 0 Å². The topological polar surface area (TPSA) is 65.3 Å². The van der Waals surface area contributed by atoms with Gasteiger partial charge in [-0.1, -0.05) is 24.3 Å².